The zero-order chi connectivity index (χ0) is 28.2. The third-order valence-corrected chi connectivity index (χ3v) is 8.39. The predicted octanol–water partition coefficient (Wildman–Crippen LogP) is 5.02. The van der Waals surface area contributed by atoms with Gasteiger partial charge < -0.3 is 19.6 Å². The Morgan fingerprint density at radius 3 is 2.31 bits per heavy atom. The second-order valence-electron chi connectivity index (χ2n) is 10.3. The van der Waals surface area contributed by atoms with E-state index in [4.69, 9.17) is 33.0 Å². The highest BCUT2D eigenvalue weighted by Gasteiger charge is 2.40. The number of ether oxygens (including phenoxy) is 1. The first-order valence-corrected chi connectivity index (χ1v) is 13.9. The van der Waals surface area contributed by atoms with E-state index in [9.17, 15) is 18.0 Å². The average Bonchev–Trinajstić information content (AvgIpc) is 3.36. The highest BCUT2D eigenvalue weighted by Crippen LogP contribution is 2.39. The first-order chi connectivity index (χ1) is 18.5. The van der Waals surface area contributed by atoms with Gasteiger partial charge in [-0.05, 0) is 55.3 Å². The van der Waals surface area contributed by atoms with Crippen LogP contribution in [0.3, 0.4) is 0 Å². The Balaban J connectivity index is 1.44. The third-order valence-electron chi connectivity index (χ3n) is 7.65. The van der Waals surface area contributed by atoms with Crippen LogP contribution >= 0.6 is 23.2 Å². The smallest absolute Gasteiger partial charge is 0.416 e. The lowest BCUT2D eigenvalue weighted by atomic mass is 9.85. The molecule has 6 nitrogen and oxygen atoms in total. The summed E-state index contributed by atoms with van der Waals surface area (Å²) in [6, 6.07) is 10.1. The maximum atomic E-state index is 13.4. The summed E-state index contributed by atoms with van der Waals surface area (Å²) in [7, 11) is 0. The van der Waals surface area contributed by atoms with Crippen molar-refractivity contribution in [1.29, 1.82) is 0 Å². The molecular formula is C28H34Cl2F3N3O3. The van der Waals surface area contributed by atoms with Gasteiger partial charge in [0.25, 0.3) is 0 Å². The van der Waals surface area contributed by atoms with Crippen LogP contribution in [0.1, 0.15) is 30.4 Å². The van der Waals surface area contributed by atoms with Crippen molar-refractivity contribution in [2.75, 3.05) is 59.0 Å². The van der Waals surface area contributed by atoms with Crippen molar-refractivity contribution in [2.24, 2.45) is 5.92 Å². The van der Waals surface area contributed by atoms with Gasteiger partial charge in [0.15, 0.2) is 0 Å². The van der Waals surface area contributed by atoms with Crippen LogP contribution in [0.5, 0.6) is 5.75 Å². The van der Waals surface area contributed by atoms with E-state index in [1.54, 1.807) is 6.07 Å². The van der Waals surface area contributed by atoms with Crippen molar-refractivity contribution in [2.45, 2.75) is 31.5 Å². The molecule has 2 aromatic carbocycles. The number of amides is 1. The fourth-order valence-corrected chi connectivity index (χ4v) is 5.69. The highest BCUT2D eigenvalue weighted by atomic mass is 35.5. The van der Waals surface area contributed by atoms with E-state index in [1.165, 1.54) is 12.1 Å². The fourth-order valence-electron chi connectivity index (χ4n) is 5.39. The molecule has 1 amide bonds. The van der Waals surface area contributed by atoms with E-state index in [1.807, 2.05) is 24.0 Å². The SMILES string of the molecule is CC(Oc1ccc(C(F)(F)F)cc1)C1CN(C(=O)CN2CCN(CCCO)CC2)CC1c1ccc(Cl)c(Cl)c1. The van der Waals surface area contributed by atoms with Crippen LogP contribution in [0.4, 0.5) is 13.2 Å². The molecule has 3 unspecified atom stereocenters. The number of likely N-dealkylation sites (tertiary alicyclic amines) is 1. The summed E-state index contributed by atoms with van der Waals surface area (Å²) in [5.74, 6) is 0.188. The van der Waals surface area contributed by atoms with Crippen molar-refractivity contribution in [3.63, 3.8) is 0 Å². The molecule has 0 saturated carbocycles. The maximum Gasteiger partial charge on any atom is 0.416 e. The molecule has 3 atom stereocenters. The molecule has 2 aliphatic heterocycles. The van der Waals surface area contributed by atoms with Gasteiger partial charge >= 0.3 is 6.18 Å². The summed E-state index contributed by atoms with van der Waals surface area (Å²) in [5.41, 5.74) is 0.202. The Bertz CT molecular complexity index is 1110. The number of hydrogen-bond donors (Lipinski definition) is 1. The monoisotopic (exact) mass is 587 g/mol. The largest absolute Gasteiger partial charge is 0.490 e. The number of rotatable bonds is 9. The number of aliphatic hydroxyl groups is 1. The first-order valence-electron chi connectivity index (χ1n) is 13.2. The Morgan fingerprint density at radius 2 is 1.69 bits per heavy atom. The summed E-state index contributed by atoms with van der Waals surface area (Å²) in [4.78, 5) is 19.7. The zero-order valence-corrected chi connectivity index (χ0v) is 23.4. The molecule has 2 aromatic rings. The van der Waals surface area contributed by atoms with Crippen LogP contribution < -0.4 is 4.74 Å². The van der Waals surface area contributed by atoms with Crippen molar-refractivity contribution in [3.8, 4) is 5.75 Å². The fraction of sp³-hybridized carbons (Fsp3) is 0.536. The number of piperazine rings is 1. The lowest BCUT2D eigenvalue weighted by molar-refractivity contribution is -0.137. The van der Waals surface area contributed by atoms with Gasteiger partial charge in [-0.15, -0.1) is 0 Å². The summed E-state index contributed by atoms with van der Waals surface area (Å²) < 4.78 is 45.0. The van der Waals surface area contributed by atoms with Crippen LogP contribution in [0, 0.1) is 5.92 Å². The minimum atomic E-state index is -4.42. The quantitative estimate of drug-likeness (QED) is 0.446. The van der Waals surface area contributed by atoms with Gasteiger partial charge in [-0.25, -0.2) is 0 Å². The van der Waals surface area contributed by atoms with Crippen LogP contribution in [0.25, 0.3) is 0 Å². The van der Waals surface area contributed by atoms with E-state index in [0.717, 1.165) is 56.8 Å². The molecule has 0 spiro atoms. The first kappa shape index (κ1) is 29.9. The third kappa shape index (κ3) is 7.79. The second-order valence-corrected chi connectivity index (χ2v) is 11.1. The Hall–Kier alpha value is -2.04. The van der Waals surface area contributed by atoms with Crippen molar-refractivity contribution < 1.29 is 27.8 Å². The zero-order valence-electron chi connectivity index (χ0n) is 21.8. The highest BCUT2D eigenvalue weighted by molar-refractivity contribution is 6.42. The number of alkyl halides is 3. The molecule has 39 heavy (non-hydrogen) atoms. The lowest BCUT2D eigenvalue weighted by Crippen LogP contribution is -2.50. The summed E-state index contributed by atoms with van der Waals surface area (Å²) in [5, 5.41) is 9.92. The predicted molar refractivity (Wildman–Crippen MR) is 145 cm³/mol. The van der Waals surface area contributed by atoms with Crippen molar-refractivity contribution >= 4 is 29.1 Å². The number of halogens is 5. The molecule has 1 N–H and O–H groups in total. The molecule has 11 heteroatoms. The molecule has 2 heterocycles. The molecule has 4 rings (SSSR count). The average molecular weight is 588 g/mol. The van der Waals surface area contributed by atoms with Crippen LogP contribution in [-0.4, -0.2) is 90.8 Å². The van der Waals surface area contributed by atoms with E-state index in [-0.39, 0.29) is 30.5 Å². The summed E-state index contributed by atoms with van der Waals surface area (Å²) in [6.07, 6.45) is -4.05. The van der Waals surface area contributed by atoms with Crippen molar-refractivity contribution in [3.05, 3.63) is 63.6 Å². The molecule has 2 aliphatic rings. The van der Waals surface area contributed by atoms with E-state index < -0.39 is 11.7 Å². The Labute approximate surface area is 237 Å². The number of benzene rings is 2. The molecule has 0 aromatic heterocycles. The number of carbonyl (C=O) groups is 1. The molecular weight excluding hydrogens is 554 g/mol. The van der Waals surface area contributed by atoms with E-state index in [0.29, 0.717) is 35.4 Å². The number of hydrogen-bond acceptors (Lipinski definition) is 5. The molecule has 0 radical (unpaired) electrons. The maximum absolute atomic E-state index is 13.4. The van der Waals surface area contributed by atoms with E-state index in [2.05, 4.69) is 9.80 Å². The van der Waals surface area contributed by atoms with Gasteiger partial charge in [0.05, 0.1) is 22.2 Å². The molecule has 0 bridgehead atoms. The molecule has 214 valence electrons. The van der Waals surface area contributed by atoms with Gasteiger partial charge in [-0.2, -0.15) is 13.2 Å². The molecule has 2 saturated heterocycles. The van der Waals surface area contributed by atoms with Crippen molar-refractivity contribution in [1.82, 2.24) is 14.7 Å². The Morgan fingerprint density at radius 1 is 1.03 bits per heavy atom. The number of aliphatic hydroxyl groups excluding tert-OH is 1. The standard InChI is InChI=1S/C28H34Cl2F3N3O3/c1-19(39-22-6-4-21(5-7-22)28(31,32)33)23-16-36(17-24(23)20-3-8-25(29)26(30)15-20)27(38)18-35-12-10-34(11-13-35)9-2-14-37/h3-8,15,19,23-24,37H,2,9-14,16-18H2,1H3. The van der Waals surface area contributed by atoms with Gasteiger partial charge in [-0.3, -0.25) is 9.69 Å². The van der Waals surface area contributed by atoms with Gasteiger partial charge in [-0.1, -0.05) is 29.3 Å². The normalized spacial score (nSPS) is 21.8. The topological polar surface area (TPSA) is 56.2 Å². The molecule has 2 fully saturated rings. The van der Waals surface area contributed by atoms with Gasteiger partial charge in [0.2, 0.25) is 5.91 Å². The summed E-state index contributed by atoms with van der Waals surface area (Å²) in [6.45, 7) is 7.48. The minimum absolute atomic E-state index is 0.0353. The second kappa shape index (κ2) is 13.1. The van der Waals surface area contributed by atoms with Crippen LogP contribution in [0.2, 0.25) is 10.0 Å². The Kier molecular flexibility index (Phi) is 10.0. The van der Waals surface area contributed by atoms with E-state index >= 15 is 0 Å². The van der Waals surface area contributed by atoms with Crippen LogP contribution in [0.15, 0.2) is 42.5 Å². The van der Waals surface area contributed by atoms with Crippen LogP contribution in [-0.2, 0) is 11.0 Å². The number of carbonyl (C=O) groups excluding carboxylic acids is 1. The summed E-state index contributed by atoms with van der Waals surface area (Å²) >= 11 is 12.5. The number of nitrogens with zero attached hydrogens (tertiary/aromatic N) is 3. The van der Waals surface area contributed by atoms with Gasteiger partial charge in [0, 0.05) is 64.3 Å². The van der Waals surface area contributed by atoms with Gasteiger partial charge in [0.1, 0.15) is 11.9 Å². The minimum Gasteiger partial charge on any atom is -0.490 e. The lowest BCUT2D eigenvalue weighted by Gasteiger charge is -2.35. The molecule has 0 aliphatic carbocycles.